The summed E-state index contributed by atoms with van der Waals surface area (Å²) in [6.45, 7) is 2.01. The first-order valence-electron chi connectivity index (χ1n) is 9.48. The number of rotatable bonds is 7. The van der Waals surface area contributed by atoms with Crippen LogP contribution in [0.25, 0.3) is 22.3 Å². The summed E-state index contributed by atoms with van der Waals surface area (Å²) in [7, 11) is 0. The first-order valence-corrected chi connectivity index (χ1v) is 9.48. The van der Waals surface area contributed by atoms with Gasteiger partial charge in [-0.15, -0.1) is 0 Å². The van der Waals surface area contributed by atoms with Crippen molar-refractivity contribution in [2.75, 3.05) is 0 Å². The van der Waals surface area contributed by atoms with Crippen molar-refractivity contribution in [2.45, 2.75) is 25.9 Å². The molecule has 0 atom stereocenters. The average Bonchev–Trinajstić information content (AvgIpc) is 2.69. The van der Waals surface area contributed by atoms with E-state index in [1.165, 1.54) is 12.1 Å². The molecule has 0 amide bonds. The minimum Gasteiger partial charge on any atom is -0.426 e. The fraction of sp³-hybridized carbons (Fsp3) is 0.167. The van der Waals surface area contributed by atoms with Gasteiger partial charge >= 0.3 is 6.11 Å². The van der Waals surface area contributed by atoms with Crippen LogP contribution < -0.4 is 4.74 Å². The van der Waals surface area contributed by atoms with Crippen LogP contribution in [-0.4, -0.2) is 6.11 Å². The molecule has 162 valence electrons. The molecule has 0 aromatic heterocycles. The number of halogens is 6. The monoisotopic (exact) mass is 436 g/mol. The lowest BCUT2D eigenvalue weighted by Gasteiger charge is -2.15. The van der Waals surface area contributed by atoms with Gasteiger partial charge in [0, 0.05) is 5.56 Å². The highest BCUT2D eigenvalue weighted by Crippen LogP contribution is 2.32. The second kappa shape index (κ2) is 9.29. The molecule has 0 aliphatic carbocycles. The molecule has 0 saturated heterocycles. The lowest BCUT2D eigenvalue weighted by atomic mass is 9.98. The quantitative estimate of drug-likeness (QED) is 0.341. The van der Waals surface area contributed by atoms with Crippen LogP contribution in [0.15, 0.2) is 72.8 Å². The van der Waals surface area contributed by atoms with E-state index in [4.69, 9.17) is 0 Å². The van der Waals surface area contributed by atoms with Gasteiger partial charge in [-0.1, -0.05) is 55.8 Å². The van der Waals surface area contributed by atoms with E-state index in [1.807, 2.05) is 13.0 Å². The molecular formula is C24H18F6O. The maximum atomic E-state index is 14.4. The normalized spacial score (nSPS) is 11.3. The predicted octanol–water partition coefficient (Wildman–Crippen LogP) is 8.00. The Morgan fingerprint density at radius 3 is 2.06 bits per heavy atom. The third kappa shape index (κ3) is 5.69. The number of aryl methyl sites for hydroxylation is 1. The van der Waals surface area contributed by atoms with E-state index in [-0.39, 0.29) is 5.82 Å². The highest BCUT2D eigenvalue weighted by atomic mass is 19.3. The van der Waals surface area contributed by atoms with Crippen molar-refractivity contribution < 1.29 is 31.1 Å². The minimum atomic E-state index is -4.35. The van der Waals surface area contributed by atoms with Crippen LogP contribution >= 0.6 is 0 Å². The third-order valence-corrected chi connectivity index (χ3v) is 4.56. The highest BCUT2D eigenvalue weighted by molar-refractivity contribution is 5.71. The Balaban J connectivity index is 1.81. The van der Waals surface area contributed by atoms with Crippen LogP contribution in [0.5, 0.6) is 5.75 Å². The van der Waals surface area contributed by atoms with Gasteiger partial charge in [0.1, 0.15) is 5.82 Å². The molecular weight excluding hydrogens is 418 g/mol. The summed E-state index contributed by atoms with van der Waals surface area (Å²) in [6.07, 6.45) is -5.99. The number of hydrogen-bond acceptors (Lipinski definition) is 1. The molecule has 3 aromatic carbocycles. The standard InChI is InChI=1S/C24H18F6O/c1-2-3-15-4-10-19(20(25)12-15)17-7-5-16(6-8-17)18-9-11-22(21(26)13-18)31-24(29,30)14-23(27)28/h4-14H,2-3H2,1H3. The van der Waals surface area contributed by atoms with Crippen LogP contribution in [0.2, 0.25) is 0 Å². The molecule has 0 heterocycles. The van der Waals surface area contributed by atoms with Crippen molar-refractivity contribution in [3.63, 3.8) is 0 Å². The molecule has 0 saturated carbocycles. The van der Waals surface area contributed by atoms with Gasteiger partial charge in [-0.25, -0.2) is 8.78 Å². The highest BCUT2D eigenvalue weighted by Gasteiger charge is 2.31. The van der Waals surface area contributed by atoms with Crippen molar-refractivity contribution in [1.29, 1.82) is 0 Å². The van der Waals surface area contributed by atoms with Gasteiger partial charge in [0.05, 0.1) is 6.08 Å². The van der Waals surface area contributed by atoms with Crippen molar-refractivity contribution in [3.8, 4) is 28.0 Å². The van der Waals surface area contributed by atoms with Crippen LogP contribution in [0, 0.1) is 11.6 Å². The molecule has 1 nitrogen and oxygen atoms in total. The number of alkyl halides is 2. The van der Waals surface area contributed by atoms with Crippen molar-refractivity contribution >= 4 is 0 Å². The maximum absolute atomic E-state index is 14.4. The zero-order chi connectivity index (χ0) is 22.6. The first kappa shape index (κ1) is 22.5. The Morgan fingerprint density at radius 1 is 0.839 bits per heavy atom. The Hall–Kier alpha value is -3.22. The molecule has 3 rings (SSSR count). The zero-order valence-electron chi connectivity index (χ0n) is 16.4. The van der Waals surface area contributed by atoms with Crippen LogP contribution in [0.4, 0.5) is 26.3 Å². The summed E-state index contributed by atoms with van der Waals surface area (Å²) in [5, 5.41) is 0. The van der Waals surface area contributed by atoms with E-state index < -0.39 is 29.8 Å². The van der Waals surface area contributed by atoms with Crippen molar-refractivity contribution in [2.24, 2.45) is 0 Å². The minimum absolute atomic E-state index is 0.342. The topological polar surface area (TPSA) is 9.23 Å². The molecule has 0 spiro atoms. The summed E-state index contributed by atoms with van der Waals surface area (Å²) in [4.78, 5) is 0. The van der Waals surface area contributed by atoms with Crippen LogP contribution in [-0.2, 0) is 6.42 Å². The third-order valence-electron chi connectivity index (χ3n) is 4.56. The summed E-state index contributed by atoms with van der Waals surface area (Å²) in [6, 6.07) is 14.9. The number of ether oxygens (including phenoxy) is 1. The summed E-state index contributed by atoms with van der Waals surface area (Å²) in [5.74, 6) is -2.34. The first-order chi connectivity index (χ1) is 14.7. The molecule has 0 bridgehead atoms. The largest absolute Gasteiger partial charge is 0.426 e. The van der Waals surface area contributed by atoms with Gasteiger partial charge in [-0.05, 0) is 46.9 Å². The van der Waals surface area contributed by atoms with Gasteiger partial charge in [0.25, 0.3) is 6.08 Å². The van der Waals surface area contributed by atoms with E-state index in [9.17, 15) is 26.3 Å². The molecule has 0 aliphatic heterocycles. The maximum Gasteiger partial charge on any atom is 0.425 e. The fourth-order valence-electron chi connectivity index (χ4n) is 3.15. The van der Waals surface area contributed by atoms with Crippen molar-refractivity contribution in [1.82, 2.24) is 0 Å². The summed E-state index contributed by atoms with van der Waals surface area (Å²) >= 11 is 0. The smallest absolute Gasteiger partial charge is 0.425 e. The molecule has 7 heteroatoms. The SMILES string of the molecule is CCCc1ccc(-c2ccc(-c3ccc(OC(F)(F)C=C(F)F)c(F)c3)cc2)c(F)c1. The van der Waals surface area contributed by atoms with E-state index in [0.717, 1.165) is 30.5 Å². The zero-order valence-corrected chi connectivity index (χ0v) is 16.4. The van der Waals surface area contributed by atoms with E-state index in [2.05, 4.69) is 4.74 Å². The molecule has 0 N–H and O–H groups in total. The van der Waals surface area contributed by atoms with Gasteiger partial charge in [-0.2, -0.15) is 17.6 Å². The average molecular weight is 436 g/mol. The van der Waals surface area contributed by atoms with Crippen LogP contribution in [0.3, 0.4) is 0 Å². The van der Waals surface area contributed by atoms with E-state index in [0.29, 0.717) is 22.3 Å². The second-order valence-corrected chi connectivity index (χ2v) is 6.88. The molecule has 0 unspecified atom stereocenters. The number of benzene rings is 3. The van der Waals surface area contributed by atoms with Gasteiger partial charge in [0.15, 0.2) is 11.6 Å². The molecule has 0 aliphatic rings. The molecule has 31 heavy (non-hydrogen) atoms. The van der Waals surface area contributed by atoms with Gasteiger partial charge in [-0.3, -0.25) is 0 Å². The van der Waals surface area contributed by atoms with Gasteiger partial charge in [0.2, 0.25) is 0 Å². The van der Waals surface area contributed by atoms with E-state index >= 15 is 0 Å². The Bertz CT molecular complexity index is 1090. The molecule has 3 aromatic rings. The summed E-state index contributed by atoms with van der Waals surface area (Å²) in [5.41, 5.74) is 2.87. The lowest BCUT2D eigenvalue weighted by molar-refractivity contribution is -0.135. The van der Waals surface area contributed by atoms with Gasteiger partial charge < -0.3 is 4.74 Å². The Kier molecular flexibility index (Phi) is 6.73. The summed E-state index contributed by atoms with van der Waals surface area (Å²) < 4.78 is 83.3. The van der Waals surface area contributed by atoms with Crippen LogP contribution in [0.1, 0.15) is 18.9 Å². The molecule has 0 radical (unpaired) electrons. The lowest BCUT2D eigenvalue weighted by Crippen LogP contribution is -2.22. The fourth-order valence-corrected chi connectivity index (χ4v) is 3.15. The Morgan fingerprint density at radius 2 is 1.48 bits per heavy atom. The predicted molar refractivity (Wildman–Crippen MR) is 107 cm³/mol. The van der Waals surface area contributed by atoms with E-state index in [1.54, 1.807) is 30.3 Å². The molecule has 0 fully saturated rings. The Labute approximate surface area is 175 Å². The number of hydrogen-bond donors (Lipinski definition) is 0. The second-order valence-electron chi connectivity index (χ2n) is 6.88. The van der Waals surface area contributed by atoms with Crippen molar-refractivity contribution in [3.05, 3.63) is 90.0 Å².